The van der Waals surface area contributed by atoms with E-state index in [9.17, 15) is 4.79 Å². The van der Waals surface area contributed by atoms with Crippen LogP contribution in [0.25, 0.3) is 5.65 Å². The summed E-state index contributed by atoms with van der Waals surface area (Å²) in [5.41, 5.74) is 0.561. The van der Waals surface area contributed by atoms with Gasteiger partial charge in [-0.2, -0.15) is 15.3 Å². The summed E-state index contributed by atoms with van der Waals surface area (Å²) < 4.78 is 3.04. The van der Waals surface area contributed by atoms with Gasteiger partial charge in [0, 0.05) is 18.5 Å². The molecule has 0 saturated carbocycles. The molecule has 0 aromatic carbocycles. The predicted octanol–water partition coefficient (Wildman–Crippen LogP) is 2.14. The second-order valence-corrected chi connectivity index (χ2v) is 4.97. The average Bonchev–Trinajstić information content (AvgIpc) is 3.10. The third kappa shape index (κ3) is 3.56. The lowest BCUT2D eigenvalue weighted by atomic mass is 10.5. The van der Waals surface area contributed by atoms with Crippen LogP contribution in [0.3, 0.4) is 0 Å². The number of amides is 2. The monoisotopic (exact) mass is 330 g/mol. The van der Waals surface area contributed by atoms with Crippen LogP contribution in [0.15, 0.2) is 30.6 Å². The average molecular weight is 331 g/mol. The highest BCUT2D eigenvalue weighted by Gasteiger charge is 2.09. The van der Waals surface area contributed by atoms with Gasteiger partial charge in [-0.05, 0) is 12.1 Å². The lowest BCUT2D eigenvalue weighted by molar-refractivity contribution is 0.262. The van der Waals surface area contributed by atoms with Gasteiger partial charge in [0.25, 0.3) is 5.95 Å². The molecule has 0 bridgehead atoms. The molecule has 2 N–H and O–H groups in total. The number of nitriles is 1. The molecule has 23 heavy (non-hydrogen) atoms. The van der Waals surface area contributed by atoms with Gasteiger partial charge >= 0.3 is 6.03 Å². The fraction of sp³-hybridized carbons (Fsp3) is 0.154. The van der Waals surface area contributed by atoms with Crippen molar-refractivity contribution in [3.63, 3.8) is 0 Å². The number of halogens is 1. The van der Waals surface area contributed by atoms with Crippen molar-refractivity contribution < 1.29 is 4.79 Å². The summed E-state index contributed by atoms with van der Waals surface area (Å²) in [7, 11) is 0. The molecule has 0 atom stereocenters. The second-order valence-electron chi connectivity index (χ2n) is 4.54. The summed E-state index contributed by atoms with van der Waals surface area (Å²) in [5.74, 6) is 0.515. The van der Waals surface area contributed by atoms with Crippen molar-refractivity contribution in [2.75, 3.05) is 10.6 Å². The molecule has 0 aliphatic heterocycles. The smallest absolute Gasteiger partial charge is 0.291 e. The summed E-state index contributed by atoms with van der Waals surface area (Å²) >= 11 is 5.86. The number of nitrogens with zero attached hydrogens (tertiary/aromatic N) is 6. The third-order valence-electron chi connectivity index (χ3n) is 2.86. The quantitative estimate of drug-likeness (QED) is 0.760. The minimum Gasteiger partial charge on any atom is -0.291 e. The Morgan fingerprint density at radius 3 is 3.00 bits per heavy atom. The summed E-state index contributed by atoms with van der Waals surface area (Å²) in [5, 5.41) is 22.3. The van der Waals surface area contributed by atoms with Crippen molar-refractivity contribution in [2.45, 2.75) is 13.0 Å². The molecule has 0 fully saturated rings. The van der Waals surface area contributed by atoms with E-state index in [4.69, 9.17) is 16.9 Å². The van der Waals surface area contributed by atoms with Gasteiger partial charge in [-0.15, -0.1) is 5.10 Å². The fourth-order valence-corrected chi connectivity index (χ4v) is 2.03. The molecule has 2 amide bonds. The number of urea groups is 1. The Morgan fingerprint density at radius 1 is 1.30 bits per heavy atom. The van der Waals surface area contributed by atoms with E-state index in [1.165, 1.54) is 4.52 Å². The zero-order valence-corrected chi connectivity index (χ0v) is 12.5. The Morgan fingerprint density at radius 2 is 2.17 bits per heavy atom. The molecule has 0 radical (unpaired) electrons. The van der Waals surface area contributed by atoms with Gasteiger partial charge in [0.15, 0.2) is 11.5 Å². The topological polar surface area (TPSA) is 113 Å². The van der Waals surface area contributed by atoms with Crippen LogP contribution >= 0.6 is 11.6 Å². The number of nitrogens with one attached hydrogen (secondary N) is 2. The van der Waals surface area contributed by atoms with Crippen molar-refractivity contribution in [1.82, 2.24) is 24.4 Å². The number of hydrogen-bond donors (Lipinski definition) is 2. The minimum absolute atomic E-state index is 0.147. The summed E-state index contributed by atoms with van der Waals surface area (Å²) in [6.45, 7) is 0.467. The van der Waals surface area contributed by atoms with E-state index in [-0.39, 0.29) is 5.95 Å². The predicted molar refractivity (Wildman–Crippen MR) is 83.1 cm³/mol. The molecule has 9 nitrogen and oxygen atoms in total. The first-order valence-corrected chi connectivity index (χ1v) is 7.02. The summed E-state index contributed by atoms with van der Waals surface area (Å²) in [6, 6.07) is 6.52. The van der Waals surface area contributed by atoms with Gasteiger partial charge in [0.05, 0.1) is 24.1 Å². The van der Waals surface area contributed by atoms with Crippen molar-refractivity contribution >= 4 is 35.0 Å². The van der Waals surface area contributed by atoms with Crippen LogP contribution in [-0.2, 0) is 6.54 Å². The van der Waals surface area contributed by atoms with Gasteiger partial charge in [-0.1, -0.05) is 11.6 Å². The van der Waals surface area contributed by atoms with Gasteiger partial charge in [0.2, 0.25) is 0 Å². The Bertz CT molecular complexity index is 893. The SMILES string of the molecule is N#CCCn1ccc(NC(=O)Nc2nc3ccc(Cl)cn3n2)n1. The Kier molecular flexibility index (Phi) is 4.07. The van der Waals surface area contributed by atoms with Crippen LogP contribution in [0.1, 0.15) is 6.42 Å². The normalized spacial score (nSPS) is 10.4. The van der Waals surface area contributed by atoms with Gasteiger partial charge in [0.1, 0.15) is 0 Å². The van der Waals surface area contributed by atoms with E-state index in [1.54, 1.807) is 35.3 Å². The summed E-state index contributed by atoms with van der Waals surface area (Å²) in [4.78, 5) is 16.1. The number of rotatable bonds is 4. The molecule has 3 aromatic rings. The van der Waals surface area contributed by atoms with Crippen LogP contribution in [0.5, 0.6) is 0 Å². The number of anilines is 2. The van der Waals surface area contributed by atoms with Crippen LogP contribution < -0.4 is 10.6 Å². The highest BCUT2D eigenvalue weighted by atomic mass is 35.5. The first-order chi connectivity index (χ1) is 11.1. The number of hydrogen-bond acceptors (Lipinski definition) is 5. The number of pyridine rings is 1. The molecule has 3 rings (SSSR count). The maximum absolute atomic E-state index is 11.9. The van der Waals surface area contributed by atoms with Gasteiger partial charge in [-0.3, -0.25) is 15.3 Å². The van der Waals surface area contributed by atoms with Gasteiger partial charge < -0.3 is 0 Å². The standard InChI is InChI=1S/C13H11ClN8O/c14-9-2-3-11-17-12(20-22(11)8-9)18-13(23)16-10-4-7-21(19-10)6-1-5-15/h2-4,7-8H,1,6H2,(H2,16,18,19,20,23). The number of carbonyl (C=O) groups is 1. The fourth-order valence-electron chi connectivity index (χ4n) is 1.88. The number of aryl methyl sites for hydroxylation is 1. The minimum atomic E-state index is -0.516. The van der Waals surface area contributed by atoms with Crippen molar-refractivity contribution in [2.24, 2.45) is 0 Å². The van der Waals surface area contributed by atoms with Crippen molar-refractivity contribution in [3.8, 4) is 6.07 Å². The zero-order chi connectivity index (χ0) is 16.2. The molecule has 0 aliphatic rings. The van der Waals surface area contributed by atoms with E-state index in [1.807, 2.05) is 6.07 Å². The van der Waals surface area contributed by atoms with E-state index in [2.05, 4.69) is 25.8 Å². The Hall–Kier alpha value is -3.12. The molecular formula is C13H11ClN8O. The molecule has 0 unspecified atom stereocenters. The Balaban J connectivity index is 1.64. The van der Waals surface area contributed by atoms with Crippen LogP contribution in [-0.4, -0.2) is 30.4 Å². The molecule has 0 spiro atoms. The third-order valence-corrected chi connectivity index (χ3v) is 3.08. The molecule has 116 valence electrons. The molecule has 3 aromatic heterocycles. The molecule has 0 saturated heterocycles. The van der Waals surface area contributed by atoms with Crippen molar-refractivity contribution in [1.29, 1.82) is 5.26 Å². The first-order valence-electron chi connectivity index (χ1n) is 6.64. The molecular weight excluding hydrogens is 320 g/mol. The number of fused-ring (bicyclic) bond motifs is 1. The number of aromatic nitrogens is 5. The van der Waals surface area contributed by atoms with E-state index in [0.717, 1.165) is 0 Å². The first kappa shape index (κ1) is 14.8. The zero-order valence-electron chi connectivity index (χ0n) is 11.8. The van der Waals surface area contributed by atoms with Gasteiger partial charge in [-0.25, -0.2) is 9.31 Å². The van der Waals surface area contributed by atoms with Crippen LogP contribution in [0.4, 0.5) is 16.6 Å². The molecule has 0 aliphatic carbocycles. The molecule has 10 heteroatoms. The second kappa shape index (κ2) is 6.33. The largest absolute Gasteiger partial charge is 0.327 e. The van der Waals surface area contributed by atoms with Crippen molar-refractivity contribution in [3.05, 3.63) is 35.6 Å². The van der Waals surface area contributed by atoms with Crippen LogP contribution in [0.2, 0.25) is 5.02 Å². The Labute approximate surface area is 135 Å². The highest BCUT2D eigenvalue weighted by Crippen LogP contribution is 2.11. The maximum Gasteiger partial charge on any atom is 0.327 e. The lowest BCUT2D eigenvalue weighted by Crippen LogP contribution is -2.20. The van der Waals surface area contributed by atoms with E-state index >= 15 is 0 Å². The van der Waals surface area contributed by atoms with Crippen LogP contribution in [0, 0.1) is 11.3 Å². The maximum atomic E-state index is 11.9. The van der Waals surface area contributed by atoms with E-state index in [0.29, 0.717) is 29.5 Å². The highest BCUT2D eigenvalue weighted by molar-refractivity contribution is 6.30. The lowest BCUT2D eigenvalue weighted by Gasteiger charge is -2.01. The van der Waals surface area contributed by atoms with E-state index < -0.39 is 6.03 Å². The molecule has 3 heterocycles. The number of carbonyl (C=O) groups excluding carboxylic acids is 1. The summed E-state index contributed by atoms with van der Waals surface area (Å²) in [6.07, 6.45) is 3.61.